The molecule has 1 heterocycles. The Bertz CT molecular complexity index is 523. The maximum atomic E-state index is 13.6. The highest BCUT2D eigenvalue weighted by molar-refractivity contribution is 6.16. The molecule has 0 bridgehead atoms. The molecule has 1 aromatic heterocycles. The van der Waals surface area contributed by atoms with E-state index in [4.69, 9.17) is 11.6 Å². The van der Waals surface area contributed by atoms with Gasteiger partial charge in [0, 0.05) is 5.56 Å². The van der Waals surface area contributed by atoms with Gasteiger partial charge in [0.1, 0.15) is 11.6 Å². The van der Waals surface area contributed by atoms with Crippen molar-refractivity contribution in [3.8, 4) is 11.3 Å². The number of nitrogens with one attached hydrogen (secondary N) is 1. The summed E-state index contributed by atoms with van der Waals surface area (Å²) in [6.45, 7) is 1.51. The lowest BCUT2D eigenvalue weighted by Crippen LogP contribution is -1.90. The van der Waals surface area contributed by atoms with Crippen LogP contribution < -0.4 is 0 Å². The second-order valence-corrected chi connectivity index (χ2v) is 3.76. The molecule has 0 spiro atoms. The molecular weight excluding hydrogens is 234 g/mol. The van der Waals surface area contributed by atoms with Gasteiger partial charge in [-0.25, -0.2) is 8.78 Å². The zero-order valence-corrected chi connectivity index (χ0v) is 9.28. The number of hydrogen-bond donors (Lipinski definition) is 1. The topological polar surface area (TPSA) is 28.7 Å². The van der Waals surface area contributed by atoms with Crippen LogP contribution in [0.3, 0.4) is 0 Å². The van der Waals surface area contributed by atoms with Gasteiger partial charge in [0.25, 0.3) is 0 Å². The Balaban J connectivity index is 2.51. The van der Waals surface area contributed by atoms with Gasteiger partial charge in [-0.2, -0.15) is 5.10 Å². The van der Waals surface area contributed by atoms with E-state index in [0.717, 1.165) is 12.1 Å². The number of hydrogen-bond acceptors (Lipinski definition) is 1. The Morgan fingerprint density at radius 1 is 1.25 bits per heavy atom. The maximum Gasteiger partial charge on any atom is 0.133 e. The molecule has 0 saturated heterocycles. The molecule has 0 aliphatic carbocycles. The van der Waals surface area contributed by atoms with Crippen LogP contribution in [-0.4, -0.2) is 10.2 Å². The molecule has 16 heavy (non-hydrogen) atoms. The number of nitrogens with zero attached hydrogens (tertiary/aromatic N) is 1. The van der Waals surface area contributed by atoms with E-state index in [9.17, 15) is 8.78 Å². The standard InChI is InChI=1S/C11H9ClF2N2/c1-6-2-10(14)8(4-9(6)13)11-3-7(5-12)15-16-11/h2-4H,5H2,1H3,(H,15,16). The van der Waals surface area contributed by atoms with Gasteiger partial charge in [-0.15, -0.1) is 11.6 Å². The first-order valence-electron chi connectivity index (χ1n) is 4.68. The number of aryl methyl sites for hydroxylation is 1. The summed E-state index contributed by atoms with van der Waals surface area (Å²) in [4.78, 5) is 0. The van der Waals surface area contributed by atoms with Gasteiger partial charge >= 0.3 is 0 Å². The first-order chi connectivity index (χ1) is 7.61. The van der Waals surface area contributed by atoms with Crippen LogP contribution in [-0.2, 0) is 5.88 Å². The summed E-state index contributed by atoms with van der Waals surface area (Å²) in [6, 6.07) is 3.89. The molecule has 0 radical (unpaired) electrons. The smallest absolute Gasteiger partial charge is 0.133 e. The molecule has 1 aromatic carbocycles. The van der Waals surface area contributed by atoms with Crippen molar-refractivity contribution in [2.24, 2.45) is 0 Å². The lowest BCUT2D eigenvalue weighted by Gasteiger charge is -2.02. The zero-order valence-electron chi connectivity index (χ0n) is 8.52. The molecule has 0 fully saturated rings. The van der Waals surface area contributed by atoms with Crippen LogP contribution in [0.2, 0.25) is 0 Å². The molecule has 0 amide bonds. The van der Waals surface area contributed by atoms with Gasteiger partial charge in [-0.05, 0) is 30.7 Å². The average Bonchev–Trinajstić information content (AvgIpc) is 2.71. The quantitative estimate of drug-likeness (QED) is 0.804. The predicted molar refractivity (Wildman–Crippen MR) is 58.2 cm³/mol. The molecule has 0 unspecified atom stereocenters. The van der Waals surface area contributed by atoms with E-state index in [2.05, 4.69) is 10.2 Å². The SMILES string of the molecule is Cc1cc(F)c(-c2cc(CCl)[nH]n2)cc1F. The van der Waals surface area contributed by atoms with E-state index in [0.29, 0.717) is 11.4 Å². The molecular formula is C11H9ClF2N2. The van der Waals surface area contributed by atoms with Crippen LogP contribution >= 0.6 is 11.6 Å². The van der Waals surface area contributed by atoms with Crippen molar-refractivity contribution in [1.82, 2.24) is 10.2 Å². The molecule has 84 valence electrons. The van der Waals surface area contributed by atoms with Gasteiger partial charge in [-0.1, -0.05) is 0 Å². The summed E-state index contributed by atoms with van der Waals surface area (Å²) in [6.07, 6.45) is 0. The molecule has 0 atom stereocenters. The lowest BCUT2D eigenvalue weighted by molar-refractivity contribution is 0.594. The molecule has 2 nitrogen and oxygen atoms in total. The second kappa shape index (κ2) is 4.22. The third kappa shape index (κ3) is 1.93. The van der Waals surface area contributed by atoms with E-state index in [1.54, 1.807) is 6.07 Å². The highest BCUT2D eigenvalue weighted by Crippen LogP contribution is 2.24. The summed E-state index contributed by atoms with van der Waals surface area (Å²) in [5, 5.41) is 6.52. The first kappa shape index (κ1) is 11.1. The molecule has 5 heteroatoms. The third-order valence-corrected chi connectivity index (χ3v) is 2.59. The van der Waals surface area contributed by atoms with Crippen molar-refractivity contribution >= 4 is 11.6 Å². The summed E-state index contributed by atoms with van der Waals surface area (Å²) in [7, 11) is 0. The monoisotopic (exact) mass is 242 g/mol. The zero-order chi connectivity index (χ0) is 11.7. The van der Waals surface area contributed by atoms with Gasteiger partial charge in [0.05, 0.1) is 17.3 Å². The predicted octanol–water partition coefficient (Wildman–Crippen LogP) is 3.40. The van der Waals surface area contributed by atoms with Crippen LogP contribution in [0.15, 0.2) is 18.2 Å². The number of aromatic nitrogens is 2. The normalized spacial score (nSPS) is 10.8. The fourth-order valence-corrected chi connectivity index (χ4v) is 1.55. The Morgan fingerprint density at radius 2 is 2.00 bits per heavy atom. The van der Waals surface area contributed by atoms with Crippen LogP contribution in [0.1, 0.15) is 11.3 Å². The van der Waals surface area contributed by atoms with Gasteiger partial charge in [0.2, 0.25) is 0 Å². The Morgan fingerprint density at radius 3 is 2.62 bits per heavy atom. The Labute approximate surface area is 96.2 Å². The summed E-state index contributed by atoms with van der Waals surface area (Å²) >= 11 is 5.58. The summed E-state index contributed by atoms with van der Waals surface area (Å²) in [5.41, 5.74) is 1.43. The van der Waals surface area contributed by atoms with E-state index in [1.165, 1.54) is 6.92 Å². The lowest BCUT2D eigenvalue weighted by atomic mass is 10.1. The molecule has 0 aliphatic heterocycles. The highest BCUT2D eigenvalue weighted by atomic mass is 35.5. The first-order valence-corrected chi connectivity index (χ1v) is 5.21. The maximum absolute atomic E-state index is 13.6. The van der Waals surface area contributed by atoms with Crippen molar-refractivity contribution in [1.29, 1.82) is 0 Å². The van der Waals surface area contributed by atoms with E-state index in [-0.39, 0.29) is 17.0 Å². The van der Waals surface area contributed by atoms with Crippen LogP contribution in [0.25, 0.3) is 11.3 Å². The molecule has 0 aliphatic rings. The number of aromatic amines is 1. The minimum absolute atomic E-state index is 0.135. The largest absolute Gasteiger partial charge is 0.281 e. The second-order valence-electron chi connectivity index (χ2n) is 3.49. The number of alkyl halides is 1. The van der Waals surface area contributed by atoms with Crippen molar-refractivity contribution in [2.75, 3.05) is 0 Å². The third-order valence-electron chi connectivity index (χ3n) is 2.30. The molecule has 0 saturated carbocycles. The fourth-order valence-electron chi connectivity index (χ4n) is 1.41. The number of H-pyrrole nitrogens is 1. The van der Waals surface area contributed by atoms with Crippen molar-refractivity contribution in [3.05, 3.63) is 41.1 Å². The number of halogens is 3. The van der Waals surface area contributed by atoms with Crippen LogP contribution in [0, 0.1) is 18.6 Å². The highest BCUT2D eigenvalue weighted by Gasteiger charge is 2.12. The van der Waals surface area contributed by atoms with Gasteiger partial charge in [-0.3, -0.25) is 5.10 Å². The van der Waals surface area contributed by atoms with Gasteiger partial charge < -0.3 is 0 Å². The average molecular weight is 243 g/mol. The van der Waals surface area contributed by atoms with Crippen LogP contribution in [0.4, 0.5) is 8.78 Å². The Hall–Kier alpha value is -1.42. The number of rotatable bonds is 2. The molecule has 1 N–H and O–H groups in total. The Kier molecular flexibility index (Phi) is 2.92. The van der Waals surface area contributed by atoms with E-state index in [1.807, 2.05) is 0 Å². The van der Waals surface area contributed by atoms with Crippen molar-refractivity contribution < 1.29 is 8.78 Å². The minimum Gasteiger partial charge on any atom is -0.281 e. The molecule has 2 rings (SSSR count). The number of benzene rings is 1. The van der Waals surface area contributed by atoms with Crippen LogP contribution in [0.5, 0.6) is 0 Å². The molecule has 2 aromatic rings. The van der Waals surface area contributed by atoms with Gasteiger partial charge in [0.15, 0.2) is 0 Å². The minimum atomic E-state index is -0.494. The van der Waals surface area contributed by atoms with Crippen molar-refractivity contribution in [3.63, 3.8) is 0 Å². The summed E-state index contributed by atoms with van der Waals surface area (Å²) < 4.78 is 26.9. The summed E-state index contributed by atoms with van der Waals surface area (Å²) in [5.74, 6) is -0.693. The van der Waals surface area contributed by atoms with E-state index < -0.39 is 11.6 Å². The van der Waals surface area contributed by atoms with E-state index >= 15 is 0 Å². The fraction of sp³-hybridized carbons (Fsp3) is 0.182. The van der Waals surface area contributed by atoms with Crippen molar-refractivity contribution in [2.45, 2.75) is 12.8 Å².